The summed E-state index contributed by atoms with van der Waals surface area (Å²) in [5.41, 5.74) is 5.96. The Bertz CT molecular complexity index is 1060. The number of carbonyl (C=O) groups excluding carboxylic acids is 2. The number of ketones is 1. The third-order valence-electron chi connectivity index (χ3n) is 5.61. The van der Waals surface area contributed by atoms with E-state index < -0.39 is 11.7 Å². The second-order valence-corrected chi connectivity index (χ2v) is 7.63. The Labute approximate surface area is 165 Å². The van der Waals surface area contributed by atoms with Crippen molar-refractivity contribution in [2.75, 3.05) is 4.90 Å². The zero-order valence-electron chi connectivity index (χ0n) is 16.5. The van der Waals surface area contributed by atoms with E-state index in [1.54, 1.807) is 11.0 Å². The molecule has 4 rings (SSSR count). The maximum Gasteiger partial charge on any atom is 0.301 e. The Morgan fingerprint density at radius 2 is 1.79 bits per heavy atom. The van der Waals surface area contributed by atoms with Gasteiger partial charge in [-0.05, 0) is 67.6 Å². The molecule has 0 fully saturated rings. The van der Waals surface area contributed by atoms with Crippen LogP contribution in [0.5, 0.6) is 0 Å². The van der Waals surface area contributed by atoms with Crippen molar-refractivity contribution in [2.24, 2.45) is 0 Å². The van der Waals surface area contributed by atoms with Gasteiger partial charge in [0.1, 0.15) is 0 Å². The van der Waals surface area contributed by atoms with Crippen LogP contribution in [0, 0.1) is 13.8 Å². The first-order valence-corrected chi connectivity index (χ1v) is 9.63. The van der Waals surface area contributed by atoms with E-state index in [4.69, 9.17) is 0 Å². The predicted molar refractivity (Wildman–Crippen MR) is 111 cm³/mol. The van der Waals surface area contributed by atoms with Crippen molar-refractivity contribution in [3.05, 3.63) is 88.7 Å². The zero-order chi connectivity index (χ0) is 19.8. The molecular formula is C24H24N2O2. The van der Waals surface area contributed by atoms with E-state index in [1.165, 1.54) is 11.1 Å². The molecule has 4 nitrogen and oxygen atoms in total. The highest BCUT2D eigenvalue weighted by Crippen LogP contribution is 2.32. The van der Waals surface area contributed by atoms with E-state index in [-0.39, 0.29) is 6.04 Å². The largest absolute Gasteiger partial charge is 0.340 e. The van der Waals surface area contributed by atoms with Gasteiger partial charge in [-0.3, -0.25) is 9.59 Å². The van der Waals surface area contributed by atoms with Gasteiger partial charge in [-0.25, -0.2) is 0 Å². The van der Waals surface area contributed by atoms with Gasteiger partial charge in [0.15, 0.2) is 0 Å². The minimum atomic E-state index is -0.461. The van der Waals surface area contributed by atoms with Gasteiger partial charge < -0.3 is 9.47 Å². The fraction of sp³-hybridized carbons (Fsp3) is 0.250. The summed E-state index contributed by atoms with van der Waals surface area (Å²) in [6.45, 7) is 6.71. The molecule has 2 heterocycles. The Morgan fingerprint density at radius 1 is 1.00 bits per heavy atom. The van der Waals surface area contributed by atoms with Gasteiger partial charge in [-0.2, -0.15) is 0 Å². The zero-order valence-corrected chi connectivity index (χ0v) is 16.5. The highest BCUT2D eigenvalue weighted by atomic mass is 16.2. The van der Waals surface area contributed by atoms with Crippen LogP contribution in [0.4, 0.5) is 5.69 Å². The second-order valence-electron chi connectivity index (χ2n) is 7.63. The fourth-order valence-corrected chi connectivity index (χ4v) is 3.95. The molecule has 1 amide bonds. The number of para-hydroxylation sites is 1. The smallest absolute Gasteiger partial charge is 0.301 e. The molecule has 1 aromatic heterocycles. The van der Waals surface area contributed by atoms with Crippen molar-refractivity contribution >= 4 is 17.4 Å². The molecule has 3 aromatic rings. The lowest BCUT2D eigenvalue weighted by atomic mass is 10.1. The molecule has 0 unspecified atom stereocenters. The third-order valence-corrected chi connectivity index (χ3v) is 5.61. The lowest BCUT2D eigenvalue weighted by molar-refractivity contribution is -0.115. The van der Waals surface area contributed by atoms with Crippen LogP contribution in [0.2, 0.25) is 0 Å². The van der Waals surface area contributed by atoms with Crippen LogP contribution in [0.3, 0.4) is 0 Å². The molecule has 0 N–H and O–H groups in total. The number of hydrogen-bond donors (Lipinski definition) is 0. The van der Waals surface area contributed by atoms with Gasteiger partial charge >= 0.3 is 5.91 Å². The standard InChI is InChI=1S/C24H24N2O2/c1-16-10-11-19(13-17(16)2)15-25-12-6-9-22(25)23(27)24(28)26-18(3)14-20-7-4-5-8-21(20)26/h4-13,18H,14-15H2,1-3H3/t18-/m0/s1. The van der Waals surface area contributed by atoms with E-state index >= 15 is 0 Å². The third kappa shape index (κ3) is 3.15. The lowest BCUT2D eigenvalue weighted by Crippen LogP contribution is -2.41. The van der Waals surface area contributed by atoms with E-state index in [2.05, 4.69) is 32.0 Å². The van der Waals surface area contributed by atoms with Crippen molar-refractivity contribution in [1.82, 2.24) is 4.57 Å². The minimum absolute atomic E-state index is 0.0167. The molecule has 0 saturated carbocycles. The van der Waals surface area contributed by atoms with E-state index in [0.717, 1.165) is 23.2 Å². The number of fused-ring (bicyclic) bond motifs is 1. The fourth-order valence-electron chi connectivity index (χ4n) is 3.95. The van der Waals surface area contributed by atoms with Crippen molar-refractivity contribution in [2.45, 2.75) is 39.8 Å². The molecule has 0 spiro atoms. The summed E-state index contributed by atoms with van der Waals surface area (Å²) in [4.78, 5) is 27.8. The number of carbonyl (C=O) groups is 2. The van der Waals surface area contributed by atoms with Crippen LogP contribution in [-0.2, 0) is 17.8 Å². The Kier molecular flexibility index (Phi) is 4.63. The van der Waals surface area contributed by atoms with Crippen molar-refractivity contribution in [3.63, 3.8) is 0 Å². The van der Waals surface area contributed by atoms with E-state index in [9.17, 15) is 9.59 Å². The number of rotatable bonds is 4. The molecule has 4 heteroatoms. The number of amides is 1. The Hall–Kier alpha value is -3.14. The van der Waals surface area contributed by atoms with Gasteiger partial charge in [-0.15, -0.1) is 0 Å². The number of Topliss-reactive ketones (excluding diaryl/α,β-unsaturated/α-hetero) is 1. The normalized spacial score (nSPS) is 15.5. The molecule has 2 aromatic carbocycles. The summed E-state index contributed by atoms with van der Waals surface area (Å²) in [6, 6.07) is 17.6. The first kappa shape index (κ1) is 18.2. The average Bonchev–Trinajstić information content (AvgIpc) is 3.26. The Morgan fingerprint density at radius 3 is 2.57 bits per heavy atom. The molecule has 28 heavy (non-hydrogen) atoms. The van der Waals surface area contributed by atoms with Crippen molar-refractivity contribution in [3.8, 4) is 0 Å². The Balaban J connectivity index is 1.60. The first-order valence-electron chi connectivity index (χ1n) is 9.63. The summed E-state index contributed by atoms with van der Waals surface area (Å²) in [7, 11) is 0. The van der Waals surface area contributed by atoms with Gasteiger partial charge in [0.05, 0.1) is 5.69 Å². The van der Waals surface area contributed by atoms with Crippen LogP contribution in [0.15, 0.2) is 60.8 Å². The first-order chi connectivity index (χ1) is 13.5. The highest BCUT2D eigenvalue weighted by Gasteiger charge is 2.35. The summed E-state index contributed by atoms with van der Waals surface area (Å²) in [6.07, 6.45) is 2.63. The summed E-state index contributed by atoms with van der Waals surface area (Å²) in [5.74, 6) is -0.921. The van der Waals surface area contributed by atoms with Gasteiger partial charge in [0, 0.05) is 24.5 Å². The maximum atomic E-state index is 13.1. The summed E-state index contributed by atoms with van der Waals surface area (Å²) in [5, 5.41) is 0. The molecule has 142 valence electrons. The summed E-state index contributed by atoms with van der Waals surface area (Å²) >= 11 is 0. The summed E-state index contributed by atoms with van der Waals surface area (Å²) < 4.78 is 1.86. The quantitative estimate of drug-likeness (QED) is 0.506. The molecule has 1 aliphatic rings. The number of hydrogen-bond acceptors (Lipinski definition) is 2. The van der Waals surface area contributed by atoms with Crippen LogP contribution < -0.4 is 4.90 Å². The topological polar surface area (TPSA) is 42.3 Å². The van der Waals surface area contributed by atoms with Crippen LogP contribution in [-0.4, -0.2) is 22.3 Å². The van der Waals surface area contributed by atoms with Crippen LogP contribution in [0.1, 0.15) is 39.7 Å². The molecule has 1 atom stereocenters. The maximum absolute atomic E-state index is 13.1. The molecule has 1 aliphatic heterocycles. The average molecular weight is 372 g/mol. The van der Waals surface area contributed by atoms with Gasteiger partial charge in [0.2, 0.25) is 0 Å². The molecule has 0 aliphatic carbocycles. The lowest BCUT2D eigenvalue weighted by Gasteiger charge is -2.22. The van der Waals surface area contributed by atoms with Crippen LogP contribution in [0.25, 0.3) is 0 Å². The molecule has 0 bridgehead atoms. The molecular weight excluding hydrogens is 348 g/mol. The van der Waals surface area contributed by atoms with E-state index in [1.807, 2.05) is 48.0 Å². The van der Waals surface area contributed by atoms with Crippen molar-refractivity contribution < 1.29 is 9.59 Å². The van der Waals surface area contributed by atoms with Crippen LogP contribution >= 0.6 is 0 Å². The van der Waals surface area contributed by atoms with Gasteiger partial charge in [-0.1, -0.05) is 36.4 Å². The highest BCUT2D eigenvalue weighted by molar-refractivity contribution is 6.47. The molecule has 0 saturated heterocycles. The minimum Gasteiger partial charge on any atom is -0.340 e. The number of anilines is 1. The SMILES string of the molecule is Cc1ccc(Cn2cccc2C(=O)C(=O)N2c3ccccc3C[C@@H]2C)cc1C. The number of aryl methyl sites for hydroxylation is 2. The monoisotopic (exact) mass is 372 g/mol. The van der Waals surface area contributed by atoms with Crippen molar-refractivity contribution in [1.29, 1.82) is 0 Å². The predicted octanol–water partition coefficient (Wildman–Crippen LogP) is 4.31. The number of benzene rings is 2. The second kappa shape index (κ2) is 7.12. The molecule has 0 radical (unpaired) electrons. The number of nitrogens with zero attached hydrogens (tertiary/aromatic N) is 2. The van der Waals surface area contributed by atoms with Gasteiger partial charge in [0.25, 0.3) is 5.78 Å². The van der Waals surface area contributed by atoms with E-state index in [0.29, 0.717) is 12.2 Å². The number of aromatic nitrogens is 1.